The topological polar surface area (TPSA) is 43.4 Å². The van der Waals surface area contributed by atoms with Crippen LogP contribution in [-0.4, -0.2) is 25.9 Å². The van der Waals surface area contributed by atoms with Gasteiger partial charge in [-0.2, -0.15) is 8.42 Å². The minimum Gasteiger partial charge on any atom is -0.375 e. The lowest BCUT2D eigenvalue weighted by molar-refractivity contribution is -0.0280. The third kappa shape index (κ3) is 2.42. The lowest BCUT2D eigenvalue weighted by Crippen LogP contribution is -2.35. The normalized spacial score (nSPS) is 38.1. The molecule has 0 bridgehead atoms. The summed E-state index contributed by atoms with van der Waals surface area (Å²) >= 11 is 0. The molecule has 0 radical (unpaired) electrons. The summed E-state index contributed by atoms with van der Waals surface area (Å²) in [6.07, 6.45) is 0.209. The SMILES string of the molecule is CC1CC(S(=O)(=O)F)CC(C)O1. The van der Waals surface area contributed by atoms with E-state index in [1.165, 1.54) is 0 Å². The Bertz CT molecular complexity index is 239. The molecule has 3 nitrogen and oxygen atoms in total. The summed E-state index contributed by atoms with van der Waals surface area (Å²) < 4.78 is 38.9. The molecule has 2 unspecified atom stereocenters. The van der Waals surface area contributed by atoms with Crippen molar-refractivity contribution in [3.8, 4) is 0 Å². The number of rotatable bonds is 1. The van der Waals surface area contributed by atoms with Crippen molar-refractivity contribution in [2.45, 2.75) is 44.1 Å². The molecule has 1 saturated heterocycles. The van der Waals surface area contributed by atoms with E-state index < -0.39 is 15.5 Å². The van der Waals surface area contributed by atoms with Crippen molar-refractivity contribution in [1.82, 2.24) is 0 Å². The van der Waals surface area contributed by atoms with Crippen molar-refractivity contribution in [2.75, 3.05) is 0 Å². The molecule has 0 aromatic carbocycles. The summed E-state index contributed by atoms with van der Waals surface area (Å²) in [5.74, 6) is 0. The molecule has 1 aliphatic heterocycles. The zero-order valence-electron chi connectivity index (χ0n) is 7.16. The van der Waals surface area contributed by atoms with E-state index >= 15 is 0 Å². The van der Waals surface area contributed by atoms with Gasteiger partial charge in [-0.05, 0) is 26.7 Å². The lowest BCUT2D eigenvalue weighted by Gasteiger charge is -2.29. The predicted molar refractivity (Wildman–Crippen MR) is 43.1 cm³/mol. The second-order valence-electron chi connectivity index (χ2n) is 3.33. The molecule has 0 amide bonds. The molecule has 72 valence electrons. The van der Waals surface area contributed by atoms with Crippen LogP contribution in [0.2, 0.25) is 0 Å². The van der Waals surface area contributed by atoms with Crippen molar-refractivity contribution < 1.29 is 17.0 Å². The summed E-state index contributed by atoms with van der Waals surface area (Å²) in [6, 6.07) is 0. The van der Waals surface area contributed by atoms with E-state index in [1.807, 2.05) is 0 Å². The van der Waals surface area contributed by atoms with Crippen LogP contribution in [0.3, 0.4) is 0 Å². The van der Waals surface area contributed by atoms with Crippen LogP contribution >= 0.6 is 0 Å². The first kappa shape index (κ1) is 9.92. The minimum atomic E-state index is -4.37. The molecule has 1 fully saturated rings. The highest BCUT2D eigenvalue weighted by Crippen LogP contribution is 2.25. The van der Waals surface area contributed by atoms with Crippen LogP contribution in [0.4, 0.5) is 3.89 Å². The van der Waals surface area contributed by atoms with Crippen molar-refractivity contribution in [1.29, 1.82) is 0 Å². The quantitative estimate of drug-likeness (QED) is 0.593. The molecule has 0 aromatic rings. The van der Waals surface area contributed by atoms with Crippen molar-refractivity contribution >= 4 is 10.2 Å². The largest absolute Gasteiger partial charge is 0.375 e. The Kier molecular flexibility index (Phi) is 2.73. The highest BCUT2D eigenvalue weighted by atomic mass is 32.3. The second kappa shape index (κ2) is 3.30. The van der Waals surface area contributed by atoms with Gasteiger partial charge in [0.05, 0.1) is 17.5 Å². The van der Waals surface area contributed by atoms with E-state index in [-0.39, 0.29) is 25.0 Å². The van der Waals surface area contributed by atoms with Gasteiger partial charge in [-0.15, -0.1) is 3.89 Å². The van der Waals surface area contributed by atoms with Gasteiger partial charge in [0.25, 0.3) is 0 Å². The molecular weight excluding hydrogens is 183 g/mol. The van der Waals surface area contributed by atoms with Gasteiger partial charge in [-0.3, -0.25) is 0 Å². The molecule has 5 heteroatoms. The first-order valence-electron chi connectivity index (χ1n) is 3.98. The summed E-state index contributed by atoms with van der Waals surface area (Å²) in [6.45, 7) is 3.52. The second-order valence-corrected chi connectivity index (χ2v) is 4.94. The Hall–Kier alpha value is -0.160. The predicted octanol–water partition coefficient (Wildman–Crippen LogP) is 1.24. The van der Waals surface area contributed by atoms with E-state index in [4.69, 9.17) is 4.74 Å². The van der Waals surface area contributed by atoms with Gasteiger partial charge in [0.15, 0.2) is 0 Å². The Morgan fingerprint density at radius 3 is 2.00 bits per heavy atom. The summed E-state index contributed by atoms with van der Waals surface area (Å²) in [4.78, 5) is 0. The fraction of sp³-hybridized carbons (Fsp3) is 1.00. The standard InChI is InChI=1S/C7H13FO3S/c1-5-3-7(12(8,9)10)4-6(2)11-5/h5-7H,3-4H2,1-2H3. The molecule has 0 aromatic heterocycles. The van der Waals surface area contributed by atoms with Gasteiger partial charge < -0.3 is 4.74 Å². The van der Waals surface area contributed by atoms with Crippen molar-refractivity contribution in [3.05, 3.63) is 0 Å². The third-order valence-corrected chi connectivity index (χ3v) is 3.23. The monoisotopic (exact) mass is 196 g/mol. The lowest BCUT2D eigenvalue weighted by atomic mass is 10.1. The molecule has 12 heavy (non-hydrogen) atoms. The van der Waals surface area contributed by atoms with Crippen LogP contribution in [-0.2, 0) is 15.0 Å². The molecule has 2 atom stereocenters. The van der Waals surface area contributed by atoms with Crippen molar-refractivity contribution in [2.24, 2.45) is 0 Å². The smallest absolute Gasteiger partial charge is 0.305 e. The number of halogens is 1. The fourth-order valence-electron chi connectivity index (χ4n) is 1.57. The summed E-state index contributed by atoms with van der Waals surface area (Å²) in [5, 5.41) is -0.865. The average Bonchev–Trinajstić information content (AvgIpc) is 1.82. The maximum atomic E-state index is 12.5. The van der Waals surface area contributed by atoms with Crippen molar-refractivity contribution in [3.63, 3.8) is 0 Å². The number of hydrogen-bond donors (Lipinski definition) is 0. The van der Waals surface area contributed by atoms with Gasteiger partial charge in [0, 0.05) is 0 Å². The summed E-state index contributed by atoms with van der Waals surface area (Å²) in [7, 11) is -4.37. The van der Waals surface area contributed by atoms with E-state index in [9.17, 15) is 12.3 Å². The Labute approximate surface area is 72.1 Å². The number of hydrogen-bond acceptors (Lipinski definition) is 3. The zero-order chi connectivity index (χ0) is 9.35. The molecule has 1 rings (SSSR count). The summed E-state index contributed by atoms with van der Waals surface area (Å²) in [5.41, 5.74) is 0. The Morgan fingerprint density at radius 2 is 1.67 bits per heavy atom. The maximum Gasteiger partial charge on any atom is 0.305 e. The fourth-order valence-corrected chi connectivity index (χ4v) is 2.58. The molecule has 0 saturated carbocycles. The molecule has 1 heterocycles. The molecule has 0 spiro atoms. The third-order valence-electron chi connectivity index (χ3n) is 2.05. The highest BCUT2D eigenvalue weighted by molar-refractivity contribution is 7.87. The van der Waals surface area contributed by atoms with Gasteiger partial charge in [0.1, 0.15) is 0 Å². The van der Waals surface area contributed by atoms with Crippen LogP contribution in [0.25, 0.3) is 0 Å². The van der Waals surface area contributed by atoms with Gasteiger partial charge >= 0.3 is 10.2 Å². The highest BCUT2D eigenvalue weighted by Gasteiger charge is 2.33. The molecule has 0 N–H and O–H groups in total. The molecule has 0 aliphatic carbocycles. The Balaban J connectivity index is 2.68. The molecule has 1 aliphatic rings. The van der Waals surface area contributed by atoms with Crippen LogP contribution < -0.4 is 0 Å². The average molecular weight is 196 g/mol. The van der Waals surface area contributed by atoms with Gasteiger partial charge in [-0.25, -0.2) is 0 Å². The van der Waals surface area contributed by atoms with E-state index in [0.717, 1.165) is 0 Å². The van der Waals surface area contributed by atoms with Crippen LogP contribution in [0, 0.1) is 0 Å². The maximum absolute atomic E-state index is 12.5. The van der Waals surface area contributed by atoms with E-state index in [1.54, 1.807) is 13.8 Å². The van der Waals surface area contributed by atoms with Crippen LogP contribution in [0.15, 0.2) is 0 Å². The first-order valence-corrected chi connectivity index (χ1v) is 5.43. The first-order chi connectivity index (χ1) is 5.39. The van der Waals surface area contributed by atoms with Crippen LogP contribution in [0.1, 0.15) is 26.7 Å². The van der Waals surface area contributed by atoms with E-state index in [2.05, 4.69) is 0 Å². The number of ether oxygens (including phenoxy) is 1. The van der Waals surface area contributed by atoms with Gasteiger partial charge in [-0.1, -0.05) is 0 Å². The minimum absolute atomic E-state index is 0.163. The van der Waals surface area contributed by atoms with E-state index in [0.29, 0.717) is 0 Å². The zero-order valence-corrected chi connectivity index (χ0v) is 7.97. The van der Waals surface area contributed by atoms with Crippen LogP contribution in [0.5, 0.6) is 0 Å². The molecular formula is C7H13FO3S. The Morgan fingerprint density at radius 1 is 1.25 bits per heavy atom. The van der Waals surface area contributed by atoms with Gasteiger partial charge in [0.2, 0.25) is 0 Å².